The number of nitrogens with zero attached hydrogens (tertiary/aromatic N) is 1. The van der Waals surface area contributed by atoms with E-state index in [-0.39, 0.29) is 18.7 Å². The van der Waals surface area contributed by atoms with Gasteiger partial charge in [-0.2, -0.15) is 0 Å². The SMILES string of the molecule is CCN(CCCO)C(=O)NC1CCCC1(C)C(=O)O. The van der Waals surface area contributed by atoms with Crippen molar-refractivity contribution in [3.05, 3.63) is 0 Å². The van der Waals surface area contributed by atoms with Crippen molar-refractivity contribution in [3.63, 3.8) is 0 Å². The summed E-state index contributed by atoms with van der Waals surface area (Å²) in [5.74, 6) is -0.853. The fraction of sp³-hybridized carbons (Fsp3) is 0.846. The highest BCUT2D eigenvalue weighted by Gasteiger charge is 2.46. The molecule has 2 unspecified atom stereocenters. The number of nitrogens with one attached hydrogen (secondary N) is 1. The topological polar surface area (TPSA) is 89.9 Å². The molecule has 0 radical (unpaired) electrons. The summed E-state index contributed by atoms with van der Waals surface area (Å²) in [7, 11) is 0. The van der Waals surface area contributed by atoms with Crippen molar-refractivity contribution < 1.29 is 19.8 Å². The van der Waals surface area contributed by atoms with Crippen LogP contribution in [0.5, 0.6) is 0 Å². The third-order valence-corrected chi connectivity index (χ3v) is 4.00. The number of aliphatic carboxylic acids is 1. The molecule has 3 N–H and O–H groups in total. The van der Waals surface area contributed by atoms with Gasteiger partial charge in [-0.25, -0.2) is 4.79 Å². The van der Waals surface area contributed by atoms with Gasteiger partial charge in [0.05, 0.1) is 5.41 Å². The van der Waals surface area contributed by atoms with Crippen molar-refractivity contribution in [1.29, 1.82) is 0 Å². The molecule has 0 aliphatic heterocycles. The third-order valence-electron chi connectivity index (χ3n) is 4.00. The van der Waals surface area contributed by atoms with Gasteiger partial charge in [-0.15, -0.1) is 0 Å². The quantitative estimate of drug-likeness (QED) is 0.674. The normalized spacial score (nSPS) is 26.2. The van der Waals surface area contributed by atoms with E-state index in [1.807, 2.05) is 6.92 Å². The summed E-state index contributed by atoms with van der Waals surface area (Å²) in [6, 6.07) is -0.559. The summed E-state index contributed by atoms with van der Waals surface area (Å²) in [5.41, 5.74) is -0.869. The zero-order valence-corrected chi connectivity index (χ0v) is 11.7. The molecule has 0 aromatic rings. The van der Waals surface area contributed by atoms with Crippen molar-refractivity contribution >= 4 is 12.0 Å². The second kappa shape index (κ2) is 6.75. The van der Waals surface area contributed by atoms with Crippen molar-refractivity contribution in [2.24, 2.45) is 5.41 Å². The van der Waals surface area contributed by atoms with Crippen LogP contribution in [0.1, 0.15) is 39.5 Å². The minimum atomic E-state index is -0.869. The van der Waals surface area contributed by atoms with Gasteiger partial charge >= 0.3 is 12.0 Å². The average Bonchev–Trinajstić information content (AvgIpc) is 2.73. The molecule has 6 heteroatoms. The molecule has 1 rings (SSSR count). The Hall–Kier alpha value is -1.30. The molecule has 2 amide bonds. The summed E-state index contributed by atoms with van der Waals surface area (Å²) in [5, 5.41) is 20.9. The highest BCUT2D eigenvalue weighted by atomic mass is 16.4. The molecule has 1 aliphatic rings. The largest absolute Gasteiger partial charge is 0.481 e. The molecule has 0 aromatic carbocycles. The summed E-state index contributed by atoms with van der Waals surface area (Å²) in [6.45, 7) is 4.62. The molecular formula is C13H24N2O4. The second-order valence-electron chi connectivity index (χ2n) is 5.27. The van der Waals surface area contributed by atoms with Crippen LogP contribution in [0.15, 0.2) is 0 Å². The standard InChI is InChI=1S/C13H24N2O4/c1-3-15(8-5-9-16)12(19)14-10-6-4-7-13(10,2)11(17)18/h10,16H,3-9H2,1-2H3,(H,14,19)(H,17,18). The fourth-order valence-corrected chi connectivity index (χ4v) is 2.56. The number of rotatable bonds is 6. The number of aliphatic hydroxyl groups is 1. The maximum absolute atomic E-state index is 12.1. The van der Waals surface area contributed by atoms with Crippen LogP contribution in [0.3, 0.4) is 0 Å². The van der Waals surface area contributed by atoms with E-state index in [1.165, 1.54) is 0 Å². The molecule has 0 saturated heterocycles. The first-order chi connectivity index (χ1) is 8.95. The number of carboxylic acid groups (broad SMARTS) is 1. The first-order valence-electron chi connectivity index (χ1n) is 6.85. The number of carbonyl (C=O) groups is 2. The van der Waals surface area contributed by atoms with Crippen LogP contribution in [0.25, 0.3) is 0 Å². The number of carboxylic acids is 1. The summed E-state index contributed by atoms with van der Waals surface area (Å²) >= 11 is 0. The zero-order valence-electron chi connectivity index (χ0n) is 11.7. The van der Waals surface area contributed by atoms with E-state index in [0.717, 1.165) is 6.42 Å². The molecule has 110 valence electrons. The lowest BCUT2D eigenvalue weighted by atomic mass is 9.85. The molecule has 19 heavy (non-hydrogen) atoms. The van der Waals surface area contributed by atoms with E-state index >= 15 is 0 Å². The number of hydrogen-bond donors (Lipinski definition) is 3. The highest BCUT2D eigenvalue weighted by molar-refractivity contribution is 5.79. The Morgan fingerprint density at radius 2 is 2.16 bits per heavy atom. The van der Waals surface area contributed by atoms with Crippen molar-refractivity contribution in [3.8, 4) is 0 Å². The van der Waals surface area contributed by atoms with Crippen LogP contribution in [0.2, 0.25) is 0 Å². The smallest absolute Gasteiger partial charge is 0.317 e. The summed E-state index contributed by atoms with van der Waals surface area (Å²) < 4.78 is 0. The summed E-state index contributed by atoms with van der Waals surface area (Å²) in [4.78, 5) is 25.0. The molecule has 1 saturated carbocycles. The Morgan fingerprint density at radius 1 is 1.47 bits per heavy atom. The molecule has 0 aromatic heterocycles. The van der Waals surface area contributed by atoms with Gasteiger partial charge in [-0.1, -0.05) is 6.42 Å². The maximum Gasteiger partial charge on any atom is 0.317 e. The van der Waals surface area contributed by atoms with Crippen LogP contribution in [0.4, 0.5) is 4.79 Å². The maximum atomic E-state index is 12.1. The van der Waals surface area contributed by atoms with E-state index in [1.54, 1.807) is 11.8 Å². The van der Waals surface area contributed by atoms with E-state index in [0.29, 0.717) is 32.4 Å². The Balaban J connectivity index is 2.62. The van der Waals surface area contributed by atoms with Gasteiger partial charge in [0.25, 0.3) is 0 Å². The zero-order chi connectivity index (χ0) is 14.5. The van der Waals surface area contributed by atoms with Gasteiger partial charge in [0.1, 0.15) is 0 Å². The number of amides is 2. The Morgan fingerprint density at radius 3 is 2.68 bits per heavy atom. The monoisotopic (exact) mass is 272 g/mol. The van der Waals surface area contributed by atoms with Crippen molar-refractivity contribution in [1.82, 2.24) is 10.2 Å². The molecule has 1 fully saturated rings. The number of urea groups is 1. The predicted molar refractivity (Wildman–Crippen MR) is 70.9 cm³/mol. The number of aliphatic hydroxyl groups excluding tert-OH is 1. The molecular weight excluding hydrogens is 248 g/mol. The van der Waals surface area contributed by atoms with Crippen LogP contribution in [-0.2, 0) is 4.79 Å². The first kappa shape index (κ1) is 15.8. The van der Waals surface area contributed by atoms with Crippen LogP contribution in [-0.4, -0.2) is 52.9 Å². The van der Waals surface area contributed by atoms with Gasteiger partial charge in [0.15, 0.2) is 0 Å². The minimum Gasteiger partial charge on any atom is -0.481 e. The van der Waals surface area contributed by atoms with Gasteiger partial charge < -0.3 is 20.4 Å². The lowest BCUT2D eigenvalue weighted by Gasteiger charge is -2.30. The van der Waals surface area contributed by atoms with E-state index in [4.69, 9.17) is 5.11 Å². The Bertz CT molecular complexity index is 335. The van der Waals surface area contributed by atoms with Gasteiger partial charge in [-0.3, -0.25) is 4.79 Å². The molecule has 1 aliphatic carbocycles. The molecule has 0 spiro atoms. The van der Waals surface area contributed by atoms with Crippen molar-refractivity contribution in [2.45, 2.75) is 45.6 Å². The highest BCUT2D eigenvalue weighted by Crippen LogP contribution is 2.38. The average molecular weight is 272 g/mol. The van der Waals surface area contributed by atoms with Gasteiger partial charge in [0, 0.05) is 25.7 Å². The molecule has 2 atom stereocenters. The van der Waals surface area contributed by atoms with E-state index < -0.39 is 11.4 Å². The van der Waals surface area contributed by atoms with Crippen LogP contribution >= 0.6 is 0 Å². The van der Waals surface area contributed by atoms with E-state index in [2.05, 4.69) is 5.32 Å². The fourth-order valence-electron chi connectivity index (χ4n) is 2.56. The minimum absolute atomic E-state index is 0.0417. The predicted octanol–water partition coefficient (Wildman–Crippen LogP) is 1.04. The van der Waals surface area contributed by atoms with Crippen molar-refractivity contribution in [2.75, 3.05) is 19.7 Å². The van der Waals surface area contributed by atoms with Gasteiger partial charge in [0.2, 0.25) is 0 Å². The molecule has 0 heterocycles. The number of hydrogen-bond acceptors (Lipinski definition) is 3. The lowest BCUT2D eigenvalue weighted by Crippen LogP contribution is -2.51. The summed E-state index contributed by atoms with van der Waals surface area (Å²) in [6.07, 6.45) is 2.64. The van der Waals surface area contributed by atoms with Crippen LogP contribution < -0.4 is 5.32 Å². The second-order valence-corrected chi connectivity index (χ2v) is 5.27. The van der Waals surface area contributed by atoms with Gasteiger partial charge in [-0.05, 0) is 33.1 Å². The Kier molecular flexibility index (Phi) is 5.60. The Labute approximate surface area is 113 Å². The van der Waals surface area contributed by atoms with Crippen LogP contribution in [0, 0.1) is 5.41 Å². The first-order valence-corrected chi connectivity index (χ1v) is 6.85. The van der Waals surface area contributed by atoms with E-state index in [9.17, 15) is 14.7 Å². The third kappa shape index (κ3) is 3.59. The molecule has 0 bridgehead atoms. The molecule has 6 nitrogen and oxygen atoms in total. The number of carbonyl (C=O) groups excluding carboxylic acids is 1. The lowest BCUT2D eigenvalue weighted by molar-refractivity contribution is -0.148.